The molecule has 1 rings (SSSR count). The van der Waals surface area contributed by atoms with E-state index in [1.54, 1.807) is 13.0 Å². The van der Waals surface area contributed by atoms with Gasteiger partial charge in [0.2, 0.25) is 0 Å². The van der Waals surface area contributed by atoms with Crippen LogP contribution in [0.5, 0.6) is 0 Å². The third-order valence-electron chi connectivity index (χ3n) is 1.92. The average molecular weight is 226 g/mol. The molecular formula is C11H18N2O3. The van der Waals surface area contributed by atoms with E-state index < -0.39 is 0 Å². The first-order valence-corrected chi connectivity index (χ1v) is 5.42. The Bertz CT molecular complexity index is 334. The lowest BCUT2D eigenvalue weighted by molar-refractivity contribution is 0.0756. The predicted molar refractivity (Wildman–Crippen MR) is 59.3 cm³/mol. The van der Waals surface area contributed by atoms with Crippen molar-refractivity contribution < 1.29 is 14.1 Å². The van der Waals surface area contributed by atoms with Gasteiger partial charge in [-0.15, -0.1) is 0 Å². The van der Waals surface area contributed by atoms with Crippen LogP contribution in [0.2, 0.25) is 0 Å². The van der Waals surface area contributed by atoms with Crippen LogP contribution in [0, 0.1) is 6.92 Å². The Labute approximate surface area is 95.1 Å². The van der Waals surface area contributed by atoms with Crippen LogP contribution in [0.25, 0.3) is 0 Å². The highest BCUT2D eigenvalue weighted by Gasteiger charge is 2.09. The number of aromatic nitrogens is 1. The van der Waals surface area contributed by atoms with Crippen molar-refractivity contribution in [3.63, 3.8) is 0 Å². The Hall–Kier alpha value is -1.36. The van der Waals surface area contributed by atoms with Crippen LogP contribution < -0.4 is 5.32 Å². The number of nitrogens with one attached hydrogen (secondary N) is 1. The molecule has 1 amide bonds. The summed E-state index contributed by atoms with van der Waals surface area (Å²) in [6, 6.07) is 1.61. The highest BCUT2D eigenvalue weighted by molar-refractivity contribution is 5.92. The molecule has 0 aromatic carbocycles. The molecule has 90 valence electrons. The number of hydrogen-bond acceptors (Lipinski definition) is 4. The summed E-state index contributed by atoms with van der Waals surface area (Å²) >= 11 is 0. The first-order valence-electron chi connectivity index (χ1n) is 5.42. The molecule has 1 N–H and O–H groups in total. The summed E-state index contributed by atoms with van der Waals surface area (Å²) in [5.41, 5.74) is 0.322. The minimum Gasteiger partial charge on any atom is -0.379 e. The molecule has 0 atom stereocenters. The fourth-order valence-corrected chi connectivity index (χ4v) is 1.16. The van der Waals surface area contributed by atoms with Crippen molar-refractivity contribution in [1.29, 1.82) is 0 Å². The molecule has 16 heavy (non-hydrogen) atoms. The highest BCUT2D eigenvalue weighted by atomic mass is 16.5. The second-order valence-corrected chi connectivity index (χ2v) is 3.85. The molecule has 0 unspecified atom stereocenters. The number of amides is 1. The molecule has 1 aromatic heterocycles. The molecule has 0 saturated carbocycles. The predicted octanol–water partition coefficient (Wildman–Crippen LogP) is 1.53. The summed E-state index contributed by atoms with van der Waals surface area (Å²) < 4.78 is 10.2. The van der Waals surface area contributed by atoms with Crippen molar-refractivity contribution in [2.45, 2.75) is 33.3 Å². The second kappa shape index (κ2) is 6.27. The van der Waals surface area contributed by atoms with Crippen LogP contribution in [0.3, 0.4) is 0 Å². The van der Waals surface area contributed by atoms with Gasteiger partial charge in [-0.05, 0) is 27.2 Å². The van der Waals surface area contributed by atoms with E-state index in [0.29, 0.717) is 24.6 Å². The molecular weight excluding hydrogens is 208 g/mol. The van der Waals surface area contributed by atoms with Gasteiger partial charge in [0.15, 0.2) is 5.69 Å². The van der Waals surface area contributed by atoms with E-state index in [-0.39, 0.29) is 12.0 Å². The molecule has 0 spiro atoms. The first kappa shape index (κ1) is 12.7. The third kappa shape index (κ3) is 4.44. The second-order valence-electron chi connectivity index (χ2n) is 3.85. The normalized spacial score (nSPS) is 10.8. The number of aryl methyl sites for hydroxylation is 1. The Morgan fingerprint density at radius 3 is 2.94 bits per heavy atom. The molecule has 5 heteroatoms. The lowest BCUT2D eigenvalue weighted by atomic mass is 10.3. The van der Waals surface area contributed by atoms with Gasteiger partial charge in [0.25, 0.3) is 5.91 Å². The Balaban J connectivity index is 2.16. The van der Waals surface area contributed by atoms with Crippen molar-refractivity contribution in [2.24, 2.45) is 0 Å². The average Bonchev–Trinajstić information content (AvgIpc) is 2.63. The van der Waals surface area contributed by atoms with Gasteiger partial charge >= 0.3 is 0 Å². The summed E-state index contributed by atoms with van der Waals surface area (Å²) in [5, 5.41) is 6.37. The van der Waals surface area contributed by atoms with E-state index in [9.17, 15) is 4.79 Å². The van der Waals surface area contributed by atoms with Gasteiger partial charge in [-0.1, -0.05) is 5.16 Å². The van der Waals surface area contributed by atoms with Gasteiger partial charge in [-0.2, -0.15) is 0 Å². The summed E-state index contributed by atoms with van der Waals surface area (Å²) in [4.78, 5) is 11.5. The van der Waals surface area contributed by atoms with Gasteiger partial charge in [0.1, 0.15) is 5.76 Å². The maximum Gasteiger partial charge on any atom is 0.273 e. The Kier molecular flexibility index (Phi) is 4.98. The zero-order valence-electron chi connectivity index (χ0n) is 9.95. The van der Waals surface area contributed by atoms with Crippen LogP contribution in [0.15, 0.2) is 10.6 Å². The third-order valence-corrected chi connectivity index (χ3v) is 1.92. The molecule has 0 fully saturated rings. The summed E-state index contributed by atoms with van der Waals surface area (Å²) in [7, 11) is 0. The van der Waals surface area contributed by atoms with Crippen molar-refractivity contribution in [3.8, 4) is 0 Å². The van der Waals surface area contributed by atoms with Crippen molar-refractivity contribution in [3.05, 3.63) is 17.5 Å². The quantitative estimate of drug-likeness (QED) is 0.747. The number of hydrogen-bond donors (Lipinski definition) is 1. The summed E-state index contributed by atoms with van der Waals surface area (Å²) in [5.74, 6) is 0.426. The number of ether oxygens (including phenoxy) is 1. The Morgan fingerprint density at radius 2 is 2.38 bits per heavy atom. The first-order chi connectivity index (χ1) is 7.59. The number of carbonyl (C=O) groups excluding carboxylic acids is 1. The molecule has 1 heterocycles. The standard InChI is InChI=1S/C11H18N2O3/c1-8(2)15-6-4-5-12-11(14)10-7-9(3)16-13-10/h7-8H,4-6H2,1-3H3,(H,12,14). The van der Waals surface area contributed by atoms with Crippen LogP contribution in [0.4, 0.5) is 0 Å². The fourth-order valence-electron chi connectivity index (χ4n) is 1.16. The van der Waals surface area contributed by atoms with Crippen molar-refractivity contribution in [2.75, 3.05) is 13.2 Å². The van der Waals surface area contributed by atoms with Gasteiger partial charge in [0.05, 0.1) is 6.10 Å². The molecule has 0 aliphatic heterocycles. The van der Waals surface area contributed by atoms with Gasteiger partial charge < -0.3 is 14.6 Å². The minimum atomic E-state index is -0.207. The number of carbonyl (C=O) groups is 1. The van der Waals surface area contributed by atoms with Crippen molar-refractivity contribution in [1.82, 2.24) is 10.5 Å². The van der Waals surface area contributed by atoms with Gasteiger partial charge in [-0.3, -0.25) is 4.79 Å². The van der Waals surface area contributed by atoms with E-state index in [2.05, 4.69) is 10.5 Å². The van der Waals surface area contributed by atoms with Crippen LogP contribution in [0.1, 0.15) is 36.5 Å². The minimum absolute atomic E-state index is 0.207. The van der Waals surface area contributed by atoms with E-state index in [1.165, 1.54) is 0 Å². The molecule has 0 aliphatic carbocycles. The zero-order chi connectivity index (χ0) is 12.0. The van der Waals surface area contributed by atoms with E-state index in [1.807, 2.05) is 13.8 Å². The SMILES string of the molecule is Cc1cc(C(=O)NCCCOC(C)C)no1. The Morgan fingerprint density at radius 1 is 1.62 bits per heavy atom. The maximum atomic E-state index is 11.5. The maximum absolute atomic E-state index is 11.5. The smallest absolute Gasteiger partial charge is 0.273 e. The lowest BCUT2D eigenvalue weighted by Crippen LogP contribution is -2.25. The summed E-state index contributed by atoms with van der Waals surface area (Å²) in [6.07, 6.45) is 1.02. The lowest BCUT2D eigenvalue weighted by Gasteiger charge is -2.07. The van der Waals surface area contributed by atoms with Crippen molar-refractivity contribution >= 4 is 5.91 Å². The van der Waals surface area contributed by atoms with Gasteiger partial charge in [0, 0.05) is 19.2 Å². The number of rotatable bonds is 6. The number of nitrogens with zero attached hydrogens (tertiary/aromatic N) is 1. The monoisotopic (exact) mass is 226 g/mol. The molecule has 0 aliphatic rings. The molecule has 0 bridgehead atoms. The molecule has 1 aromatic rings. The zero-order valence-corrected chi connectivity index (χ0v) is 9.95. The van der Waals surface area contributed by atoms with E-state index >= 15 is 0 Å². The van der Waals surface area contributed by atoms with E-state index in [4.69, 9.17) is 9.26 Å². The fraction of sp³-hybridized carbons (Fsp3) is 0.636. The highest BCUT2D eigenvalue weighted by Crippen LogP contribution is 2.00. The van der Waals surface area contributed by atoms with E-state index in [0.717, 1.165) is 6.42 Å². The molecule has 0 radical (unpaired) electrons. The van der Waals surface area contributed by atoms with Crippen LogP contribution in [-0.2, 0) is 4.74 Å². The molecule has 0 saturated heterocycles. The topological polar surface area (TPSA) is 64.4 Å². The van der Waals surface area contributed by atoms with Gasteiger partial charge in [-0.25, -0.2) is 0 Å². The molecule has 5 nitrogen and oxygen atoms in total. The largest absolute Gasteiger partial charge is 0.379 e. The van der Waals surface area contributed by atoms with Crippen LogP contribution >= 0.6 is 0 Å². The summed E-state index contributed by atoms with van der Waals surface area (Å²) in [6.45, 7) is 6.95. The van der Waals surface area contributed by atoms with Crippen LogP contribution in [-0.4, -0.2) is 30.3 Å².